The summed E-state index contributed by atoms with van der Waals surface area (Å²) in [5.74, 6) is 0. The smallest absolute Gasteiger partial charge is 0.139 e. The number of nitrogen functional groups attached to an aromatic ring is 1. The Morgan fingerprint density at radius 3 is 2.61 bits per heavy atom. The highest BCUT2D eigenvalue weighted by atomic mass is 32.2. The van der Waals surface area contributed by atoms with Gasteiger partial charge in [-0.05, 0) is 31.5 Å². The van der Waals surface area contributed by atoms with E-state index in [2.05, 4.69) is 4.36 Å². The van der Waals surface area contributed by atoms with Gasteiger partial charge in [0.25, 0.3) is 0 Å². The Bertz CT molecular complexity index is 507. The van der Waals surface area contributed by atoms with Gasteiger partial charge in [-0.1, -0.05) is 19.9 Å². The average Bonchev–Trinajstić information content (AvgIpc) is 2.37. The van der Waals surface area contributed by atoms with E-state index in [0.29, 0.717) is 17.1 Å². The zero-order chi connectivity index (χ0) is 13.8. The third-order valence-electron chi connectivity index (χ3n) is 2.95. The van der Waals surface area contributed by atoms with Crippen LogP contribution in [0.5, 0.6) is 0 Å². The Balaban J connectivity index is 3.39. The Hall–Kier alpha value is -1.07. The molecule has 0 aliphatic carbocycles. The largest absolute Gasteiger partial charge is 0.399 e. The summed E-state index contributed by atoms with van der Waals surface area (Å²) in [6.07, 6.45) is 0.872. The van der Waals surface area contributed by atoms with Crippen LogP contribution in [0.1, 0.15) is 27.2 Å². The highest BCUT2D eigenvalue weighted by Crippen LogP contribution is 2.21. The van der Waals surface area contributed by atoms with Crippen molar-refractivity contribution in [3.8, 4) is 0 Å². The van der Waals surface area contributed by atoms with Crippen LogP contribution >= 0.6 is 0 Å². The lowest BCUT2D eigenvalue weighted by molar-refractivity contribution is 0.532. The normalized spacial score (nSPS) is 16.3. The van der Waals surface area contributed by atoms with Crippen LogP contribution in [-0.4, -0.2) is 28.1 Å². The molecule has 0 saturated heterocycles. The van der Waals surface area contributed by atoms with E-state index in [-0.39, 0.29) is 6.04 Å². The van der Waals surface area contributed by atoms with E-state index in [1.807, 2.05) is 40.0 Å². The molecule has 0 bridgehead atoms. The van der Waals surface area contributed by atoms with Crippen molar-refractivity contribution in [2.45, 2.75) is 38.1 Å². The molecule has 0 spiro atoms. The minimum atomic E-state index is -2.55. The number of hydrogen-bond donors (Lipinski definition) is 1. The number of nitrogens with zero attached hydrogens (tertiary/aromatic N) is 2. The number of rotatable bonds is 5. The SMILES string of the molecule is CCC(C)N=S(=O)(c1cccc(N)c1)N(C)CC. The fourth-order valence-electron chi connectivity index (χ4n) is 1.49. The first-order valence-electron chi connectivity index (χ1n) is 6.27. The third kappa shape index (κ3) is 3.23. The Morgan fingerprint density at radius 2 is 2.11 bits per heavy atom. The molecular weight excluding hydrogens is 246 g/mol. The summed E-state index contributed by atoms with van der Waals surface area (Å²) in [4.78, 5) is 0.687. The molecule has 1 aromatic rings. The van der Waals surface area contributed by atoms with Crippen LogP contribution in [0.3, 0.4) is 0 Å². The lowest BCUT2D eigenvalue weighted by atomic mass is 10.3. The molecule has 0 aromatic heterocycles. The first kappa shape index (κ1) is 15.0. The van der Waals surface area contributed by atoms with E-state index in [1.165, 1.54) is 0 Å². The second kappa shape index (κ2) is 6.20. The molecule has 2 N–H and O–H groups in total. The van der Waals surface area contributed by atoms with Crippen molar-refractivity contribution < 1.29 is 4.21 Å². The molecule has 0 aliphatic heterocycles. The first-order valence-corrected chi connectivity index (χ1v) is 7.74. The van der Waals surface area contributed by atoms with E-state index in [4.69, 9.17) is 5.73 Å². The molecule has 2 unspecified atom stereocenters. The second-order valence-electron chi connectivity index (χ2n) is 4.38. The molecule has 1 aromatic carbocycles. The minimum Gasteiger partial charge on any atom is -0.399 e. The molecule has 102 valence electrons. The van der Waals surface area contributed by atoms with Crippen molar-refractivity contribution in [2.75, 3.05) is 19.3 Å². The predicted octanol–water partition coefficient (Wildman–Crippen LogP) is 2.76. The molecule has 0 saturated carbocycles. The third-order valence-corrected chi connectivity index (χ3v) is 5.56. The van der Waals surface area contributed by atoms with Gasteiger partial charge >= 0.3 is 0 Å². The van der Waals surface area contributed by atoms with Crippen molar-refractivity contribution in [3.63, 3.8) is 0 Å². The van der Waals surface area contributed by atoms with E-state index < -0.39 is 9.92 Å². The van der Waals surface area contributed by atoms with Gasteiger partial charge in [-0.25, -0.2) is 12.9 Å². The predicted molar refractivity (Wildman–Crippen MR) is 77.7 cm³/mol. The van der Waals surface area contributed by atoms with Crippen molar-refractivity contribution in [1.82, 2.24) is 4.31 Å². The number of anilines is 1. The summed E-state index contributed by atoms with van der Waals surface area (Å²) in [6, 6.07) is 7.25. The van der Waals surface area contributed by atoms with Gasteiger partial charge in [0, 0.05) is 19.3 Å². The summed E-state index contributed by atoms with van der Waals surface area (Å²) in [7, 11) is -0.721. The maximum atomic E-state index is 13.1. The molecule has 1 rings (SSSR count). The maximum absolute atomic E-state index is 13.1. The number of hydrogen-bond acceptors (Lipinski definition) is 3. The molecule has 0 heterocycles. The zero-order valence-corrected chi connectivity index (χ0v) is 12.4. The van der Waals surface area contributed by atoms with Crippen molar-refractivity contribution >= 4 is 15.6 Å². The molecule has 18 heavy (non-hydrogen) atoms. The van der Waals surface area contributed by atoms with Crippen LogP contribution in [0, 0.1) is 0 Å². The van der Waals surface area contributed by atoms with Crippen LogP contribution in [0.15, 0.2) is 33.5 Å². The van der Waals surface area contributed by atoms with Crippen LogP contribution in [0.4, 0.5) is 5.69 Å². The summed E-state index contributed by atoms with van der Waals surface area (Å²) >= 11 is 0. The fraction of sp³-hybridized carbons (Fsp3) is 0.538. The first-order chi connectivity index (χ1) is 8.43. The van der Waals surface area contributed by atoms with Gasteiger partial charge in [-0.15, -0.1) is 0 Å². The minimum absolute atomic E-state index is 0.0629. The summed E-state index contributed by atoms with van der Waals surface area (Å²) in [5.41, 5.74) is 6.39. The summed E-state index contributed by atoms with van der Waals surface area (Å²) in [6.45, 7) is 6.67. The van der Waals surface area contributed by atoms with Crippen LogP contribution < -0.4 is 5.73 Å². The lowest BCUT2D eigenvalue weighted by Gasteiger charge is -2.22. The summed E-state index contributed by atoms with van der Waals surface area (Å²) < 4.78 is 19.4. The number of benzene rings is 1. The Morgan fingerprint density at radius 1 is 1.44 bits per heavy atom. The maximum Gasteiger partial charge on any atom is 0.139 e. The van der Waals surface area contributed by atoms with Crippen molar-refractivity contribution in [1.29, 1.82) is 0 Å². The Kier molecular flexibility index (Phi) is 5.16. The highest BCUT2D eigenvalue weighted by molar-refractivity contribution is 7.91. The summed E-state index contributed by atoms with van der Waals surface area (Å²) in [5, 5.41) is 0. The van der Waals surface area contributed by atoms with Gasteiger partial charge in [0.2, 0.25) is 0 Å². The van der Waals surface area contributed by atoms with Gasteiger partial charge in [-0.3, -0.25) is 0 Å². The van der Waals surface area contributed by atoms with Crippen molar-refractivity contribution in [3.05, 3.63) is 24.3 Å². The molecule has 4 nitrogen and oxygen atoms in total. The van der Waals surface area contributed by atoms with E-state index in [9.17, 15) is 4.21 Å². The molecule has 2 atom stereocenters. The molecule has 0 amide bonds. The number of nitrogens with two attached hydrogens (primary N) is 1. The topological polar surface area (TPSA) is 58.7 Å². The standard InChI is InChI=1S/C13H23N3OS/c1-5-11(3)15-18(17,16(4)6-2)13-9-7-8-12(14)10-13/h7-11H,5-6,14H2,1-4H3. The van der Waals surface area contributed by atoms with E-state index in [1.54, 1.807) is 16.4 Å². The highest BCUT2D eigenvalue weighted by Gasteiger charge is 2.18. The zero-order valence-electron chi connectivity index (χ0n) is 11.6. The van der Waals surface area contributed by atoms with Gasteiger partial charge in [-0.2, -0.15) is 0 Å². The van der Waals surface area contributed by atoms with Crippen molar-refractivity contribution in [2.24, 2.45) is 4.36 Å². The fourth-order valence-corrected chi connectivity index (χ4v) is 3.67. The van der Waals surface area contributed by atoms with Gasteiger partial charge in [0.1, 0.15) is 9.92 Å². The molecule has 5 heteroatoms. The lowest BCUT2D eigenvalue weighted by Crippen LogP contribution is -2.27. The van der Waals surface area contributed by atoms with Crippen LogP contribution in [0.25, 0.3) is 0 Å². The molecule has 0 radical (unpaired) electrons. The van der Waals surface area contributed by atoms with Gasteiger partial charge in [0.05, 0.1) is 10.9 Å². The Labute approximate surface area is 110 Å². The molecule has 0 aliphatic rings. The van der Waals surface area contributed by atoms with Gasteiger partial charge < -0.3 is 5.73 Å². The quantitative estimate of drug-likeness (QED) is 0.836. The van der Waals surface area contributed by atoms with E-state index >= 15 is 0 Å². The average molecular weight is 269 g/mol. The molecular formula is C13H23N3OS. The second-order valence-corrected chi connectivity index (χ2v) is 6.67. The van der Waals surface area contributed by atoms with Gasteiger partial charge in [0.15, 0.2) is 0 Å². The van der Waals surface area contributed by atoms with E-state index in [0.717, 1.165) is 6.42 Å². The van der Waals surface area contributed by atoms with Crippen LogP contribution in [-0.2, 0) is 9.92 Å². The monoisotopic (exact) mass is 269 g/mol. The molecule has 0 fully saturated rings. The van der Waals surface area contributed by atoms with Crippen LogP contribution in [0.2, 0.25) is 0 Å².